The van der Waals surface area contributed by atoms with E-state index < -0.39 is 0 Å². The highest BCUT2D eigenvalue weighted by Gasteiger charge is 2.39. The first-order valence-electron chi connectivity index (χ1n) is 4.68. The summed E-state index contributed by atoms with van der Waals surface area (Å²) in [6.45, 7) is 10.6. The molecule has 1 aromatic heterocycles. The van der Waals surface area contributed by atoms with E-state index in [2.05, 4.69) is 44.8 Å². The number of nitrogens with zero attached hydrogens (tertiary/aromatic N) is 2. The fourth-order valence-electron chi connectivity index (χ4n) is 0.883. The Morgan fingerprint density at radius 2 is 1.79 bits per heavy atom. The monoisotopic (exact) mass is 216 g/mol. The molecule has 1 heterocycles. The molecule has 0 spiro atoms. The third-order valence-corrected chi connectivity index (χ3v) is 3.24. The van der Waals surface area contributed by atoms with E-state index >= 15 is 0 Å². The molecule has 0 saturated carbocycles. The second kappa shape index (κ2) is 3.54. The quantitative estimate of drug-likeness (QED) is 0.713. The van der Waals surface area contributed by atoms with Crippen molar-refractivity contribution in [1.82, 2.24) is 10.1 Å². The van der Waals surface area contributed by atoms with Gasteiger partial charge in [0.2, 0.25) is 5.89 Å². The molecule has 1 rings (SSSR count). The summed E-state index contributed by atoms with van der Waals surface area (Å²) in [4.78, 5) is 4.26. The van der Waals surface area contributed by atoms with Crippen LogP contribution in [0.15, 0.2) is 4.52 Å². The zero-order valence-corrected chi connectivity index (χ0v) is 10.1. The number of rotatable bonds is 2. The fourth-order valence-corrected chi connectivity index (χ4v) is 0.991. The minimum atomic E-state index is -0.149. The predicted octanol–water partition coefficient (Wildman–Crippen LogP) is 3.13. The van der Waals surface area contributed by atoms with Gasteiger partial charge in [-0.15, -0.1) is 11.6 Å². The topological polar surface area (TPSA) is 38.9 Å². The van der Waals surface area contributed by atoms with Gasteiger partial charge in [-0.05, 0) is 5.41 Å². The Hall–Kier alpha value is -0.570. The van der Waals surface area contributed by atoms with E-state index in [1.165, 1.54) is 0 Å². The lowest BCUT2D eigenvalue weighted by Crippen LogP contribution is -2.34. The van der Waals surface area contributed by atoms with Gasteiger partial charge in [0, 0.05) is 5.41 Å². The molecule has 0 bridgehead atoms. The Labute approximate surface area is 89.8 Å². The lowest BCUT2D eigenvalue weighted by molar-refractivity contribution is 0.168. The number of halogens is 1. The van der Waals surface area contributed by atoms with Crippen LogP contribution in [0, 0.1) is 5.41 Å². The molecular weight excluding hydrogens is 200 g/mol. The Morgan fingerprint density at radius 3 is 2.14 bits per heavy atom. The molecule has 3 nitrogen and oxygen atoms in total. The van der Waals surface area contributed by atoms with Gasteiger partial charge in [-0.25, -0.2) is 0 Å². The number of hydrogen-bond acceptors (Lipinski definition) is 3. The maximum Gasteiger partial charge on any atom is 0.232 e. The third kappa shape index (κ3) is 1.92. The highest BCUT2D eigenvalue weighted by molar-refractivity contribution is 6.16. The summed E-state index contributed by atoms with van der Waals surface area (Å²) >= 11 is 5.62. The van der Waals surface area contributed by atoms with Gasteiger partial charge in [-0.1, -0.05) is 39.8 Å². The summed E-state index contributed by atoms with van der Waals surface area (Å²) in [7, 11) is 0. The van der Waals surface area contributed by atoms with Crippen LogP contribution < -0.4 is 0 Å². The van der Waals surface area contributed by atoms with Crippen molar-refractivity contribution in [2.24, 2.45) is 5.41 Å². The Kier molecular flexibility index (Phi) is 2.91. The van der Waals surface area contributed by atoms with Crippen LogP contribution in [0.4, 0.5) is 0 Å². The average molecular weight is 217 g/mol. The van der Waals surface area contributed by atoms with Gasteiger partial charge in [0.1, 0.15) is 0 Å². The first kappa shape index (κ1) is 11.5. The van der Waals surface area contributed by atoms with Crippen LogP contribution in [0.2, 0.25) is 0 Å². The number of hydrogen-bond donors (Lipinski definition) is 0. The summed E-state index contributed by atoms with van der Waals surface area (Å²) in [5, 5.41) is 3.80. The van der Waals surface area contributed by atoms with Gasteiger partial charge in [0.15, 0.2) is 5.82 Å². The molecule has 1 aromatic rings. The smallest absolute Gasteiger partial charge is 0.232 e. The number of aromatic nitrogens is 2. The van der Waals surface area contributed by atoms with Crippen molar-refractivity contribution in [2.75, 3.05) is 0 Å². The first-order valence-corrected chi connectivity index (χ1v) is 5.21. The zero-order chi connectivity index (χ0) is 11.0. The van der Waals surface area contributed by atoms with Gasteiger partial charge >= 0.3 is 0 Å². The van der Waals surface area contributed by atoms with Gasteiger partial charge < -0.3 is 4.52 Å². The van der Waals surface area contributed by atoms with Crippen LogP contribution in [-0.2, 0) is 11.3 Å². The van der Waals surface area contributed by atoms with E-state index in [9.17, 15) is 0 Å². The van der Waals surface area contributed by atoms with Crippen molar-refractivity contribution in [2.45, 2.75) is 45.9 Å². The lowest BCUT2D eigenvalue weighted by atomic mass is 9.69. The van der Waals surface area contributed by atoms with Gasteiger partial charge in [-0.2, -0.15) is 4.98 Å². The van der Waals surface area contributed by atoms with E-state index in [0.717, 1.165) is 0 Å². The van der Waals surface area contributed by atoms with Crippen LogP contribution in [0.25, 0.3) is 0 Å². The van der Waals surface area contributed by atoms with Crippen molar-refractivity contribution < 1.29 is 4.52 Å². The minimum Gasteiger partial charge on any atom is -0.339 e. The molecule has 0 radical (unpaired) electrons. The summed E-state index contributed by atoms with van der Waals surface area (Å²) in [6.07, 6.45) is 0. The van der Waals surface area contributed by atoms with Gasteiger partial charge in [0.25, 0.3) is 0 Å². The second-order valence-electron chi connectivity index (χ2n) is 5.02. The molecule has 0 aliphatic carbocycles. The molecule has 0 aliphatic rings. The number of alkyl halides is 1. The Bertz CT molecular complexity index is 312. The molecule has 0 aromatic carbocycles. The van der Waals surface area contributed by atoms with Crippen molar-refractivity contribution in [3.8, 4) is 0 Å². The lowest BCUT2D eigenvalue weighted by Gasteiger charge is -2.35. The van der Waals surface area contributed by atoms with E-state index in [-0.39, 0.29) is 10.8 Å². The molecule has 80 valence electrons. The molecule has 0 aliphatic heterocycles. The maximum atomic E-state index is 5.62. The van der Waals surface area contributed by atoms with E-state index in [1.807, 2.05) is 0 Å². The molecule has 0 saturated heterocycles. The molecule has 0 fully saturated rings. The Morgan fingerprint density at radius 1 is 1.21 bits per heavy atom. The normalized spacial score (nSPS) is 13.3. The first-order chi connectivity index (χ1) is 6.29. The van der Waals surface area contributed by atoms with Crippen molar-refractivity contribution in [3.63, 3.8) is 0 Å². The fraction of sp³-hybridized carbons (Fsp3) is 0.800. The van der Waals surface area contributed by atoms with Crippen molar-refractivity contribution in [3.05, 3.63) is 11.7 Å². The largest absolute Gasteiger partial charge is 0.339 e. The second-order valence-corrected chi connectivity index (χ2v) is 5.29. The minimum absolute atomic E-state index is 0.0725. The molecule has 0 amide bonds. The van der Waals surface area contributed by atoms with E-state index in [4.69, 9.17) is 16.1 Å². The molecular formula is C10H17ClN2O. The van der Waals surface area contributed by atoms with Gasteiger partial charge in [0.05, 0.1) is 5.88 Å². The molecule has 14 heavy (non-hydrogen) atoms. The molecule has 4 heteroatoms. The highest BCUT2D eigenvalue weighted by atomic mass is 35.5. The van der Waals surface area contributed by atoms with Crippen LogP contribution in [0.3, 0.4) is 0 Å². The van der Waals surface area contributed by atoms with Crippen molar-refractivity contribution in [1.29, 1.82) is 0 Å². The predicted molar refractivity (Wildman–Crippen MR) is 56.3 cm³/mol. The summed E-state index contributed by atoms with van der Waals surface area (Å²) < 4.78 is 5.20. The highest BCUT2D eigenvalue weighted by Crippen LogP contribution is 2.39. The summed E-state index contributed by atoms with van der Waals surface area (Å²) in [5.41, 5.74) is -0.0760. The van der Waals surface area contributed by atoms with Crippen molar-refractivity contribution >= 4 is 11.6 Å². The zero-order valence-electron chi connectivity index (χ0n) is 9.39. The summed E-state index contributed by atoms with van der Waals surface area (Å²) in [6, 6.07) is 0. The molecule has 0 unspecified atom stereocenters. The SMILES string of the molecule is CC(C)(C)C(C)(C)c1nc(CCl)no1. The van der Waals surface area contributed by atoms with Crippen LogP contribution in [0.1, 0.15) is 46.3 Å². The van der Waals surface area contributed by atoms with Crippen LogP contribution >= 0.6 is 11.6 Å². The standard InChI is InChI=1S/C10H17ClN2O/c1-9(2,3)10(4,5)8-12-7(6-11)13-14-8/h6H2,1-5H3. The summed E-state index contributed by atoms with van der Waals surface area (Å²) in [5.74, 6) is 1.50. The van der Waals surface area contributed by atoms with Gasteiger partial charge in [-0.3, -0.25) is 0 Å². The average Bonchev–Trinajstić information content (AvgIpc) is 2.49. The van der Waals surface area contributed by atoms with Crippen LogP contribution in [-0.4, -0.2) is 10.1 Å². The Balaban J connectivity index is 3.04. The molecule has 0 N–H and O–H groups in total. The van der Waals surface area contributed by atoms with Crippen LogP contribution in [0.5, 0.6) is 0 Å². The third-order valence-electron chi connectivity index (χ3n) is 3.00. The van der Waals surface area contributed by atoms with E-state index in [0.29, 0.717) is 17.6 Å². The maximum absolute atomic E-state index is 5.62. The molecule has 0 atom stereocenters. The van der Waals surface area contributed by atoms with E-state index in [1.54, 1.807) is 0 Å².